The number of carbonyl (C=O) groups is 1. The third kappa shape index (κ3) is 2.52. The normalized spacial score (nSPS) is 17.4. The molecule has 1 amide bonds. The Morgan fingerprint density at radius 3 is 2.96 bits per heavy atom. The fourth-order valence-electron chi connectivity index (χ4n) is 3.40. The van der Waals surface area contributed by atoms with E-state index in [-0.39, 0.29) is 17.5 Å². The van der Waals surface area contributed by atoms with Crippen molar-refractivity contribution in [1.29, 1.82) is 0 Å². The summed E-state index contributed by atoms with van der Waals surface area (Å²) >= 11 is 0. The number of rotatable bonds is 2. The average Bonchev–Trinajstić information content (AvgIpc) is 3.26. The molecule has 1 atom stereocenters. The van der Waals surface area contributed by atoms with Gasteiger partial charge in [-0.1, -0.05) is 0 Å². The molecular weight excluding hydrogens is 318 g/mol. The smallest absolute Gasteiger partial charge is 0.275 e. The largest absolute Gasteiger partial charge is 0.330 e. The number of hydrogen-bond donors (Lipinski definition) is 1. The summed E-state index contributed by atoms with van der Waals surface area (Å²) in [7, 11) is 0. The maximum atomic E-state index is 12.8. The molecular formula is C18H19N5O2. The molecule has 1 fully saturated rings. The Kier molecular flexibility index (Phi) is 3.63. The van der Waals surface area contributed by atoms with Gasteiger partial charge in [0.25, 0.3) is 11.5 Å². The van der Waals surface area contributed by atoms with E-state index in [4.69, 9.17) is 0 Å². The molecule has 128 valence electrons. The molecule has 1 unspecified atom stereocenters. The molecule has 4 rings (SSSR count). The summed E-state index contributed by atoms with van der Waals surface area (Å²) in [5.41, 5.74) is 3.25. The van der Waals surface area contributed by atoms with Gasteiger partial charge in [-0.25, -0.2) is 9.50 Å². The van der Waals surface area contributed by atoms with E-state index in [2.05, 4.69) is 15.1 Å². The van der Waals surface area contributed by atoms with Crippen molar-refractivity contribution in [3.05, 3.63) is 63.5 Å². The van der Waals surface area contributed by atoms with Gasteiger partial charge < -0.3 is 4.90 Å². The van der Waals surface area contributed by atoms with Crippen molar-refractivity contribution in [3.8, 4) is 0 Å². The number of aryl methyl sites for hydroxylation is 1. The third-order valence-electron chi connectivity index (χ3n) is 4.88. The molecule has 3 aromatic rings. The van der Waals surface area contributed by atoms with Crippen LogP contribution in [0, 0.1) is 13.8 Å². The Morgan fingerprint density at radius 2 is 2.20 bits per heavy atom. The quantitative estimate of drug-likeness (QED) is 0.775. The minimum Gasteiger partial charge on any atom is -0.330 e. The molecule has 1 aliphatic rings. The molecule has 1 aliphatic heterocycles. The van der Waals surface area contributed by atoms with Crippen LogP contribution in [0.2, 0.25) is 0 Å². The SMILES string of the molecule is Cc1nc2cc(C3CCCN3C(=O)c3cccnc3)[nH]n2c(=O)c1C. The van der Waals surface area contributed by atoms with E-state index in [9.17, 15) is 9.59 Å². The summed E-state index contributed by atoms with van der Waals surface area (Å²) in [6, 6.07) is 5.31. The third-order valence-corrected chi connectivity index (χ3v) is 4.88. The minimum atomic E-state index is -0.100. The Bertz CT molecular complexity index is 1010. The van der Waals surface area contributed by atoms with Crippen LogP contribution in [0.3, 0.4) is 0 Å². The van der Waals surface area contributed by atoms with E-state index in [1.807, 2.05) is 17.9 Å². The second kappa shape index (κ2) is 5.84. The van der Waals surface area contributed by atoms with E-state index in [1.54, 1.807) is 31.5 Å². The zero-order valence-corrected chi connectivity index (χ0v) is 14.2. The standard InChI is InChI=1S/C18H19N5O2/c1-11-12(2)20-16-9-14(21-23(16)17(11)24)15-6-4-8-22(15)18(25)13-5-3-7-19-10-13/h3,5,7,9-10,15,21H,4,6,8H2,1-2H3. The fraction of sp³-hybridized carbons (Fsp3) is 0.333. The van der Waals surface area contributed by atoms with E-state index < -0.39 is 0 Å². The van der Waals surface area contributed by atoms with Crippen molar-refractivity contribution in [2.45, 2.75) is 32.7 Å². The van der Waals surface area contributed by atoms with E-state index in [0.717, 1.165) is 24.2 Å². The number of amides is 1. The van der Waals surface area contributed by atoms with Gasteiger partial charge in [-0.05, 0) is 38.8 Å². The van der Waals surface area contributed by atoms with Gasteiger partial charge in [-0.15, -0.1) is 0 Å². The molecule has 0 aromatic carbocycles. The van der Waals surface area contributed by atoms with E-state index in [1.165, 1.54) is 4.52 Å². The number of likely N-dealkylation sites (tertiary alicyclic amines) is 1. The number of aromatic amines is 1. The van der Waals surface area contributed by atoms with Crippen molar-refractivity contribution >= 4 is 11.6 Å². The van der Waals surface area contributed by atoms with Gasteiger partial charge in [0, 0.05) is 36.3 Å². The number of pyridine rings is 1. The molecule has 0 radical (unpaired) electrons. The Balaban J connectivity index is 1.73. The van der Waals surface area contributed by atoms with Crippen molar-refractivity contribution in [3.63, 3.8) is 0 Å². The average molecular weight is 337 g/mol. The number of aromatic nitrogens is 4. The maximum Gasteiger partial charge on any atom is 0.275 e. The molecule has 1 N–H and O–H groups in total. The number of H-pyrrole nitrogens is 1. The molecule has 4 heterocycles. The van der Waals surface area contributed by atoms with Gasteiger partial charge in [0.1, 0.15) is 0 Å². The summed E-state index contributed by atoms with van der Waals surface area (Å²) in [6.07, 6.45) is 5.01. The summed E-state index contributed by atoms with van der Waals surface area (Å²) in [5.74, 6) is -0.0399. The second-order valence-electron chi connectivity index (χ2n) is 6.43. The molecule has 3 aromatic heterocycles. The minimum absolute atomic E-state index is 0.0399. The van der Waals surface area contributed by atoms with Crippen molar-refractivity contribution in [1.82, 2.24) is 24.5 Å². The van der Waals surface area contributed by atoms with Gasteiger partial charge in [0.2, 0.25) is 0 Å². The van der Waals surface area contributed by atoms with Crippen LogP contribution in [0.5, 0.6) is 0 Å². The number of hydrogen-bond acceptors (Lipinski definition) is 4. The van der Waals surface area contributed by atoms with E-state index in [0.29, 0.717) is 23.3 Å². The van der Waals surface area contributed by atoms with Gasteiger partial charge in [0.15, 0.2) is 5.65 Å². The molecule has 25 heavy (non-hydrogen) atoms. The Hall–Kier alpha value is -2.96. The summed E-state index contributed by atoms with van der Waals surface area (Å²) in [4.78, 5) is 35.6. The van der Waals surface area contributed by atoms with Gasteiger partial charge >= 0.3 is 0 Å². The molecule has 0 saturated carbocycles. The Morgan fingerprint density at radius 1 is 1.36 bits per heavy atom. The highest BCUT2D eigenvalue weighted by atomic mass is 16.2. The lowest BCUT2D eigenvalue weighted by Crippen LogP contribution is -2.31. The topological polar surface area (TPSA) is 83.4 Å². The fourth-order valence-corrected chi connectivity index (χ4v) is 3.40. The van der Waals surface area contributed by atoms with Crippen LogP contribution >= 0.6 is 0 Å². The highest BCUT2D eigenvalue weighted by Gasteiger charge is 2.32. The zero-order valence-electron chi connectivity index (χ0n) is 14.2. The number of carbonyl (C=O) groups excluding carboxylic acids is 1. The van der Waals surface area contributed by atoms with Crippen molar-refractivity contribution in [2.24, 2.45) is 0 Å². The second-order valence-corrected chi connectivity index (χ2v) is 6.43. The first kappa shape index (κ1) is 15.6. The van der Waals surface area contributed by atoms with Gasteiger partial charge in [-0.3, -0.25) is 19.7 Å². The van der Waals surface area contributed by atoms with Crippen LogP contribution in [-0.4, -0.2) is 36.9 Å². The lowest BCUT2D eigenvalue weighted by atomic mass is 10.1. The maximum absolute atomic E-state index is 12.8. The first-order chi connectivity index (χ1) is 12.1. The van der Waals surface area contributed by atoms with Crippen LogP contribution in [0.15, 0.2) is 35.4 Å². The summed E-state index contributed by atoms with van der Waals surface area (Å²) in [5, 5.41) is 3.14. The highest BCUT2D eigenvalue weighted by molar-refractivity contribution is 5.94. The molecule has 7 heteroatoms. The van der Waals surface area contributed by atoms with Gasteiger partial charge in [0.05, 0.1) is 17.3 Å². The van der Waals surface area contributed by atoms with Crippen molar-refractivity contribution < 1.29 is 4.79 Å². The predicted octanol–water partition coefficient (Wildman–Crippen LogP) is 2.01. The molecule has 1 saturated heterocycles. The molecule has 0 spiro atoms. The van der Waals surface area contributed by atoms with Crippen LogP contribution in [-0.2, 0) is 0 Å². The molecule has 7 nitrogen and oxygen atoms in total. The Labute approximate surface area is 144 Å². The first-order valence-electron chi connectivity index (χ1n) is 8.36. The first-order valence-corrected chi connectivity index (χ1v) is 8.36. The monoisotopic (exact) mass is 337 g/mol. The number of fused-ring (bicyclic) bond motifs is 1. The number of nitrogens with zero attached hydrogens (tertiary/aromatic N) is 4. The van der Waals surface area contributed by atoms with Gasteiger partial charge in [-0.2, -0.15) is 0 Å². The van der Waals surface area contributed by atoms with Crippen LogP contribution in [0.1, 0.15) is 46.2 Å². The van der Waals surface area contributed by atoms with Crippen molar-refractivity contribution in [2.75, 3.05) is 6.54 Å². The highest BCUT2D eigenvalue weighted by Crippen LogP contribution is 2.32. The number of nitrogens with one attached hydrogen (secondary N) is 1. The van der Waals surface area contributed by atoms with Crippen LogP contribution in [0.25, 0.3) is 5.65 Å². The predicted molar refractivity (Wildman–Crippen MR) is 92.5 cm³/mol. The molecule has 0 bridgehead atoms. The van der Waals surface area contributed by atoms with Crippen LogP contribution < -0.4 is 5.56 Å². The van der Waals surface area contributed by atoms with Crippen LogP contribution in [0.4, 0.5) is 0 Å². The summed E-state index contributed by atoms with van der Waals surface area (Å²) < 4.78 is 1.46. The lowest BCUT2D eigenvalue weighted by molar-refractivity contribution is 0.0732. The zero-order chi connectivity index (χ0) is 17.6. The van der Waals surface area contributed by atoms with E-state index >= 15 is 0 Å². The lowest BCUT2D eigenvalue weighted by Gasteiger charge is -2.23. The summed E-state index contributed by atoms with van der Waals surface area (Å²) in [6.45, 7) is 4.29. The molecule has 0 aliphatic carbocycles.